The number of azo groups is 1. The predicted octanol–water partition coefficient (Wildman–Crippen LogP) is 3.65. The van der Waals surface area contributed by atoms with Gasteiger partial charge >= 0.3 is 0 Å². The lowest BCUT2D eigenvalue weighted by Gasteiger charge is -2.27. The Morgan fingerprint density at radius 1 is 0.612 bits per heavy atom. The normalized spacial score (nSPS) is 14.4. The number of anilines is 2. The molecule has 1 aliphatic rings. The molecular weight excluding hydrogens is 1250 g/mol. The van der Waals surface area contributed by atoms with Crippen LogP contribution in [0.1, 0.15) is 131 Å². The molecule has 1 aromatic heterocycles. The minimum absolute atomic E-state index is 0.0405. The van der Waals surface area contributed by atoms with Gasteiger partial charge in [-0.2, -0.15) is 10.2 Å². The smallest absolute Gasteiger partial charge is 0.243 e. The van der Waals surface area contributed by atoms with Gasteiger partial charge in [-0.1, -0.05) is 32.0 Å². The van der Waals surface area contributed by atoms with Crippen LogP contribution in [0.4, 0.5) is 22.7 Å². The maximum absolute atomic E-state index is 14.2. The molecule has 5 aromatic rings. The summed E-state index contributed by atoms with van der Waals surface area (Å²) in [4.78, 5) is 143. The third-order valence-electron chi connectivity index (χ3n) is 17.1. The highest BCUT2D eigenvalue weighted by Crippen LogP contribution is 2.28. The number of benzene rings is 4. The van der Waals surface area contributed by atoms with Gasteiger partial charge in [-0.3, -0.25) is 47.9 Å². The summed E-state index contributed by atoms with van der Waals surface area (Å²) in [7, 11) is 1.94. The highest BCUT2D eigenvalue weighted by molar-refractivity contribution is 5.97. The summed E-state index contributed by atoms with van der Waals surface area (Å²) in [5.41, 5.74) is 30.1. The van der Waals surface area contributed by atoms with Crippen LogP contribution in [0.25, 0.3) is 27.8 Å². The molecule has 98 heavy (non-hydrogen) atoms. The fourth-order valence-electron chi connectivity index (χ4n) is 11.6. The van der Waals surface area contributed by atoms with Crippen LogP contribution in [0.5, 0.6) is 0 Å². The Morgan fingerprint density at radius 2 is 1.23 bits per heavy atom. The molecule has 4 aromatic carbocycles. The van der Waals surface area contributed by atoms with Crippen molar-refractivity contribution in [3.05, 3.63) is 91.0 Å². The van der Waals surface area contributed by atoms with Crippen molar-refractivity contribution in [1.29, 1.82) is 0 Å². The van der Waals surface area contributed by atoms with Gasteiger partial charge in [-0.15, -0.1) is 4.57 Å². The Bertz CT molecular complexity index is 3550. The molecule has 1 saturated heterocycles. The third-order valence-corrected chi connectivity index (χ3v) is 17.1. The fraction of sp³-hybridized carbons (Fsp3) is 0.514. The number of carbonyl (C=O) groups is 10. The van der Waals surface area contributed by atoms with E-state index in [2.05, 4.69) is 101 Å². The maximum atomic E-state index is 14.2. The van der Waals surface area contributed by atoms with E-state index in [0.717, 1.165) is 52.2 Å². The summed E-state index contributed by atoms with van der Waals surface area (Å²) < 4.78 is 2.22. The molecule has 0 spiro atoms. The van der Waals surface area contributed by atoms with E-state index in [1.807, 2.05) is 86.5 Å². The quantitative estimate of drug-likeness (QED) is 0.0115. The molecule has 530 valence electrons. The minimum atomic E-state index is -1.31. The SMILES string of the molecule is CCN(CC)c1ccc2nc3ccc(N=Nc4ccc(N(C)CCCC(=O)NCCCC[C@H](NC(=O)[C@H](CC(C)C)NC(=O)CNC(=O)[C@H](CCC(N)=O)NC(=O)[C@@H]5CCCN5C(=O)CCCN)C(=O)N[C@@H](C)C(=O)N[C@@H](CCCCN)C(N)=O)cc4)cc3[n+](-c3ccccc3)c2c1. The first-order chi connectivity index (χ1) is 47.0. The molecule has 0 bridgehead atoms. The van der Waals surface area contributed by atoms with Crippen LogP contribution in [0, 0.1) is 5.92 Å². The summed E-state index contributed by atoms with van der Waals surface area (Å²) in [6.07, 6.45) is 3.97. The Balaban J connectivity index is 1.03. The van der Waals surface area contributed by atoms with Gasteiger partial charge in [0.15, 0.2) is 0 Å². The van der Waals surface area contributed by atoms with Gasteiger partial charge in [0.05, 0.1) is 17.9 Å². The lowest BCUT2D eigenvalue weighted by Crippen LogP contribution is -2.58. The zero-order valence-electron chi connectivity index (χ0n) is 57.5. The van der Waals surface area contributed by atoms with E-state index in [4.69, 9.17) is 27.9 Å². The molecule has 0 unspecified atom stereocenters. The van der Waals surface area contributed by atoms with E-state index in [1.165, 1.54) is 11.8 Å². The van der Waals surface area contributed by atoms with Crippen molar-refractivity contribution in [3.63, 3.8) is 0 Å². The summed E-state index contributed by atoms with van der Waals surface area (Å²) in [6.45, 7) is 12.3. The molecule has 28 heteroatoms. The monoisotopic (exact) mass is 1350 g/mol. The molecule has 10 amide bonds. The van der Waals surface area contributed by atoms with Gasteiger partial charge in [-0.25, -0.2) is 4.98 Å². The number of nitrogens with one attached hydrogen (secondary N) is 7. The predicted molar refractivity (Wildman–Crippen MR) is 376 cm³/mol. The zero-order chi connectivity index (χ0) is 71.3. The van der Waals surface area contributed by atoms with Gasteiger partial charge in [0.25, 0.3) is 0 Å². The van der Waals surface area contributed by atoms with Crippen molar-refractivity contribution < 1.29 is 52.5 Å². The Labute approximate surface area is 573 Å². The molecule has 0 saturated carbocycles. The highest BCUT2D eigenvalue weighted by Gasteiger charge is 2.36. The topological polar surface area (TPSA) is 410 Å². The van der Waals surface area contributed by atoms with Crippen LogP contribution in [0.3, 0.4) is 0 Å². The number of hydrogen-bond acceptors (Lipinski definition) is 17. The standard InChI is InChI=1S/C70H100N18O10/c1-7-86(8-2)51-31-33-53-60(43-51)88(50-19-10-9-11-20-50)59-42-48(28-32-52(59)78-53)84-83-47-26-29-49(30-27-47)85(6)39-18-24-62(90)75-38-15-13-22-55(68(96)77-46(5)66(94)80-54(65(74)93)21-12-14-36-71)81-69(97)57(41-45(3)4)79-63(91)44-76-67(95)56(34-35-61(73)89)82-70(98)58-23-17-40-87(58)64(92)25-16-37-72/h9-11,19-20,26-33,42-43,45-46,54-58H,7-8,12-18,21-25,34-41,44,71-72H2,1-6H3,(H10-,73,74,75,76,77,79,80,81,82,89,90,91,93,94,95,96,97,98)/p+1/t46-,54-,55-,56-,57-,58-/m0/s1. The Morgan fingerprint density at radius 3 is 1.91 bits per heavy atom. The van der Waals surface area contributed by atoms with E-state index in [0.29, 0.717) is 88.9 Å². The molecule has 6 atom stereocenters. The van der Waals surface area contributed by atoms with Crippen molar-refractivity contribution in [2.45, 2.75) is 167 Å². The Kier molecular flexibility index (Phi) is 31.2. The molecule has 15 N–H and O–H groups in total. The van der Waals surface area contributed by atoms with Crippen molar-refractivity contribution in [3.8, 4) is 5.69 Å². The summed E-state index contributed by atoms with van der Waals surface area (Å²) in [5.74, 6) is -6.51. The highest BCUT2D eigenvalue weighted by atomic mass is 16.2. The average Bonchev–Trinajstić information content (AvgIpc) is 0.838. The fourth-order valence-corrected chi connectivity index (χ4v) is 11.6. The lowest BCUT2D eigenvalue weighted by atomic mass is 10.0. The molecule has 1 aliphatic heterocycles. The molecule has 28 nitrogen and oxygen atoms in total. The average molecular weight is 1350 g/mol. The number of hydrogen-bond donors (Lipinski definition) is 11. The van der Waals surface area contributed by atoms with Crippen LogP contribution in [-0.4, -0.2) is 165 Å². The van der Waals surface area contributed by atoms with Gasteiger partial charge < -0.3 is 74.9 Å². The largest absolute Gasteiger partial charge is 0.375 e. The third kappa shape index (κ3) is 23.8. The molecule has 2 heterocycles. The van der Waals surface area contributed by atoms with Crippen LogP contribution in [-0.2, 0) is 47.9 Å². The number of nitrogens with zero attached hydrogens (tertiary/aromatic N) is 7. The lowest BCUT2D eigenvalue weighted by molar-refractivity contribution is -0.538. The number of fused-ring (bicyclic) bond motifs is 2. The number of aromatic nitrogens is 2. The molecule has 0 radical (unpaired) electrons. The molecule has 0 aliphatic carbocycles. The number of para-hydroxylation sites is 1. The number of rotatable bonds is 41. The van der Waals surface area contributed by atoms with Crippen LogP contribution in [0.15, 0.2) is 101 Å². The van der Waals surface area contributed by atoms with E-state index in [1.54, 1.807) is 0 Å². The summed E-state index contributed by atoms with van der Waals surface area (Å²) in [5, 5.41) is 27.8. The minimum Gasteiger partial charge on any atom is -0.375 e. The molecule has 6 rings (SSSR count). The van der Waals surface area contributed by atoms with Crippen molar-refractivity contribution in [1.82, 2.24) is 47.1 Å². The number of nitrogens with two attached hydrogens (primary N) is 4. The van der Waals surface area contributed by atoms with Crippen molar-refractivity contribution in [2.24, 2.45) is 39.1 Å². The van der Waals surface area contributed by atoms with E-state index in [-0.39, 0.29) is 69.2 Å². The van der Waals surface area contributed by atoms with Gasteiger partial charge in [0.2, 0.25) is 75.8 Å². The number of unbranched alkanes of at least 4 members (excludes halogenated alkanes) is 2. The second kappa shape index (κ2) is 39.5. The van der Waals surface area contributed by atoms with Crippen molar-refractivity contribution >= 4 is 104 Å². The van der Waals surface area contributed by atoms with Crippen LogP contribution < -0.4 is 74.5 Å². The van der Waals surface area contributed by atoms with Crippen LogP contribution >= 0.6 is 0 Å². The second-order valence-electron chi connectivity index (χ2n) is 25.1. The van der Waals surface area contributed by atoms with E-state index >= 15 is 0 Å². The van der Waals surface area contributed by atoms with E-state index < -0.39 is 90.1 Å². The van der Waals surface area contributed by atoms with Gasteiger partial charge in [0.1, 0.15) is 47.3 Å². The summed E-state index contributed by atoms with van der Waals surface area (Å²) >= 11 is 0. The van der Waals surface area contributed by atoms with Crippen molar-refractivity contribution in [2.75, 3.05) is 69.2 Å². The number of primary amides is 2. The van der Waals surface area contributed by atoms with Crippen LogP contribution in [0.2, 0.25) is 0 Å². The first kappa shape index (κ1) is 77.3. The first-order valence-corrected chi connectivity index (χ1v) is 34.2. The van der Waals surface area contributed by atoms with E-state index in [9.17, 15) is 47.9 Å². The summed E-state index contributed by atoms with van der Waals surface area (Å²) in [6, 6.07) is 23.3. The first-order valence-electron chi connectivity index (χ1n) is 34.2. The molecule has 1 fully saturated rings. The molecular formula is C70H101N18O10+. The number of likely N-dealkylation sites (tertiary alicyclic amines) is 1. The van der Waals surface area contributed by atoms with Gasteiger partial charge in [0, 0.05) is 94.7 Å². The number of carbonyl (C=O) groups excluding carboxylic acids is 10. The zero-order valence-corrected chi connectivity index (χ0v) is 57.5. The number of amides is 10. The second-order valence-corrected chi connectivity index (χ2v) is 25.1. The Hall–Kier alpha value is -9.70. The maximum Gasteiger partial charge on any atom is 0.243 e. The van der Waals surface area contributed by atoms with Gasteiger partial charge in [-0.05, 0) is 165 Å².